The Balaban J connectivity index is 0.00000264. The number of halogens is 1. The van der Waals surface area contributed by atoms with E-state index >= 15 is 0 Å². The number of nitrogens with zero attached hydrogens (tertiary/aromatic N) is 3. The molecule has 1 N–H and O–H groups in total. The van der Waals surface area contributed by atoms with E-state index in [1.165, 1.54) is 12.1 Å². The van der Waals surface area contributed by atoms with Crippen LogP contribution in [0.5, 0.6) is 0 Å². The van der Waals surface area contributed by atoms with Crippen molar-refractivity contribution in [2.24, 2.45) is 10.9 Å². The molecule has 1 aromatic rings. The molecule has 1 aromatic heterocycles. The quantitative estimate of drug-likeness (QED) is 0.424. The minimum atomic E-state index is 0. The Bertz CT molecular complexity index is 453. The van der Waals surface area contributed by atoms with Gasteiger partial charge >= 0.3 is 0 Å². The topological polar surface area (TPSA) is 30.9 Å². The third kappa shape index (κ3) is 6.58. The summed E-state index contributed by atoms with van der Waals surface area (Å²) in [6, 6.07) is 2.21. The van der Waals surface area contributed by atoms with Crippen molar-refractivity contribution in [3.05, 3.63) is 22.4 Å². The van der Waals surface area contributed by atoms with Crippen LogP contribution in [0.2, 0.25) is 0 Å². The van der Waals surface area contributed by atoms with E-state index in [1.54, 1.807) is 11.3 Å². The number of guanidine groups is 1. The normalized spacial score (nSPS) is 18.0. The maximum Gasteiger partial charge on any atom is 0.193 e. The van der Waals surface area contributed by atoms with Crippen molar-refractivity contribution >= 4 is 41.3 Å². The zero-order chi connectivity index (χ0) is 15.9. The third-order valence-corrected chi connectivity index (χ3v) is 4.89. The molecule has 0 spiro atoms. The summed E-state index contributed by atoms with van der Waals surface area (Å²) in [4.78, 5) is 9.41. The van der Waals surface area contributed by atoms with Gasteiger partial charge in [-0.25, -0.2) is 0 Å². The number of hydrogen-bond donors (Lipinski definition) is 1. The van der Waals surface area contributed by atoms with E-state index in [0.717, 1.165) is 44.6 Å². The number of aliphatic imine (C=N–C) groups is 1. The maximum absolute atomic E-state index is 4.47. The molecular weight excluding hydrogens is 419 g/mol. The minimum Gasteiger partial charge on any atom is -0.356 e. The number of piperazine rings is 1. The average Bonchev–Trinajstić information content (AvgIpc) is 3.03. The van der Waals surface area contributed by atoms with Crippen molar-refractivity contribution in [1.29, 1.82) is 0 Å². The summed E-state index contributed by atoms with van der Waals surface area (Å²) in [7, 11) is 1.89. The molecule has 2 rings (SSSR count). The Morgan fingerprint density at radius 3 is 2.48 bits per heavy atom. The SMILES string of the molecule is CN=C(NCC(C)c1ccsc1)N1CCN(CC(C)C)CC1.I. The molecule has 0 aromatic carbocycles. The predicted molar refractivity (Wildman–Crippen MR) is 112 cm³/mol. The molecule has 0 amide bonds. The Morgan fingerprint density at radius 2 is 1.96 bits per heavy atom. The van der Waals surface area contributed by atoms with Crippen molar-refractivity contribution in [1.82, 2.24) is 15.1 Å². The van der Waals surface area contributed by atoms with Crippen molar-refractivity contribution < 1.29 is 0 Å². The first-order chi connectivity index (χ1) is 10.6. The Morgan fingerprint density at radius 1 is 1.26 bits per heavy atom. The van der Waals surface area contributed by atoms with Gasteiger partial charge in [0, 0.05) is 46.3 Å². The molecule has 132 valence electrons. The monoisotopic (exact) mass is 450 g/mol. The lowest BCUT2D eigenvalue weighted by Crippen LogP contribution is -2.53. The molecule has 1 aliphatic rings. The van der Waals surface area contributed by atoms with Crippen LogP contribution < -0.4 is 5.32 Å². The van der Waals surface area contributed by atoms with Crippen LogP contribution in [0.15, 0.2) is 21.8 Å². The highest BCUT2D eigenvalue weighted by Gasteiger charge is 2.20. The summed E-state index contributed by atoms with van der Waals surface area (Å²) in [6.07, 6.45) is 0. The molecule has 1 unspecified atom stereocenters. The molecule has 4 nitrogen and oxygen atoms in total. The fourth-order valence-corrected chi connectivity index (χ4v) is 3.69. The van der Waals surface area contributed by atoms with Crippen LogP contribution in [0.25, 0.3) is 0 Å². The van der Waals surface area contributed by atoms with Crippen molar-refractivity contribution in [3.8, 4) is 0 Å². The van der Waals surface area contributed by atoms with Gasteiger partial charge in [-0.3, -0.25) is 9.89 Å². The molecule has 0 saturated carbocycles. The van der Waals surface area contributed by atoms with Gasteiger partial charge in [0.05, 0.1) is 0 Å². The molecular formula is C17H31IN4S. The van der Waals surface area contributed by atoms with E-state index in [9.17, 15) is 0 Å². The van der Waals surface area contributed by atoms with E-state index in [2.05, 4.69) is 57.7 Å². The zero-order valence-corrected chi connectivity index (χ0v) is 17.9. The lowest BCUT2D eigenvalue weighted by atomic mass is 10.1. The molecule has 1 aliphatic heterocycles. The summed E-state index contributed by atoms with van der Waals surface area (Å²) in [5.74, 6) is 2.31. The first kappa shape index (κ1) is 20.7. The maximum atomic E-state index is 4.47. The van der Waals surface area contributed by atoms with Gasteiger partial charge in [0.15, 0.2) is 5.96 Å². The molecule has 1 atom stereocenters. The second-order valence-electron chi connectivity index (χ2n) is 6.57. The molecule has 0 aliphatic carbocycles. The fraction of sp³-hybridized carbons (Fsp3) is 0.706. The second kappa shape index (κ2) is 10.5. The standard InChI is InChI=1S/C17H30N4S.HI/c1-14(2)12-20-6-8-21(9-7-20)17(18-4)19-11-15(3)16-5-10-22-13-16;/h5,10,13-15H,6-9,11-12H2,1-4H3,(H,18,19);1H. The van der Waals surface area contributed by atoms with Gasteiger partial charge in [-0.2, -0.15) is 11.3 Å². The summed E-state index contributed by atoms with van der Waals surface area (Å²) in [5, 5.41) is 7.93. The van der Waals surface area contributed by atoms with E-state index in [-0.39, 0.29) is 24.0 Å². The highest BCUT2D eigenvalue weighted by Crippen LogP contribution is 2.17. The van der Waals surface area contributed by atoms with Gasteiger partial charge in [0.1, 0.15) is 0 Å². The van der Waals surface area contributed by atoms with Crippen LogP contribution in [0, 0.1) is 5.92 Å². The lowest BCUT2D eigenvalue weighted by Gasteiger charge is -2.37. The zero-order valence-electron chi connectivity index (χ0n) is 14.8. The van der Waals surface area contributed by atoms with Crippen molar-refractivity contribution in [2.45, 2.75) is 26.7 Å². The molecule has 2 heterocycles. The van der Waals surface area contributed by atoms with Crippen LogP contribution in [0.4, 0.5) is 0 Å². The highest BCUT2D eigenvalue weighted by atomic mass is 127. The molecule has 6 heteroatoms. The van der Waals surface area contributed by atoms with E-state index in [1.807, 2.05) is 7.05 Å². The molecule has 23 heavy (non-hydrogen) atoms. The van der Waals surface area contributed by atoms with Crippen LogP contribution in [0.1, 0.15) is 32.3 Å². The number of rotatable bonds is 5. The fourth-order valence-electron chi connectivity index (χ4n) is 2.91. The summed E-state index contributed by atoms with van der Waals surface area (Å²) >= 11 is 1.77. The Hall–Kier alpha value is -0.340. The molecule has 0 radical (unpaired) electrons. The van der Waals surface area contributed by atoms with Crippen molar-refractivity contribution in [2.75, 3.05) is 46.3 Å². The molecule has 1 saturated heterocycles. The second-order valence-corrected chi connectivity index (χ2v) is 7.35. The molecule has 1 fully saturated rings. The van der Waals surface area contributed by atoms with Crippen LogP contribution in [-0.4, -0.2) is 62.1 Å². The van der Waals surface area contributed by atoms with E-state index < -0.39 is 0 Å². The number of nitrogens with one attached hydrogen (secondary N) is 1. The Kier molecular flexibility index (Phi) is 9.46. The summed E-state index contributed by atoms with van der Waals surface area (Å²) in [6.45, 7) is 13.4. The largest absolute Gasteiger partial charge is 0.356 e. The smallest absolute Gasteiger partial charge is 0.193 e. The first-order valence-electron chi connectivity index (χ1n) is 8.30. The minimum absolute atomic E-state index is 0. The van der Waals surface area contributed by atoms with Crippen LogP contribution in [0.3, 0.4) is 0 Å². The van der Waals surface area contributed by atoms with Gasteiger partial charge in [-0.05, 0) is 34.2 Å². The molecule has 0 bridgehead atoms. The third-order valence-electron chi connectivity index (χ3n) is 4.19. The van der Waals surface area contributed by atoms with Crippen LogP contribution in [-0.2, 0) is 0 Å². The van der Waals surface area contributed by atoms with Gasteiger partial charge in [0.2, 0.25) is 0 Å². The highest BCUT2D eigenvalue weighted by molar-refractivity contribution is 14.0. The summed E-state index contributed by atoms with van der Waals surface area (Å²) in [5.41, 5.74) is 1.41. The van der Waals surface area contributed by atoms with Gasteiger partial charge in [-0.1, -0.05) is 20.8 Å². The van der Waals surface area contributed by atoms with Gasteiger partial charge < -0.3 is 10.2 Å². The number of thiophene rings is 1. The van der Waals surface area contributed by atoms with Gasteiger partial charge in [0.25, 0.3) is 0 Å². The predicted octanol–water partition coefficient (Wildman–Crippen LogP) is 3.32. The summed E-state index contributed by atoms with van der Waals surface area (Å²) < 4.78 is 0. The van der Waals surface area contributed by atoms with Crippen molar-refractivity contribution in [3.63, 3.8) is 0 Å². The number of hydrogen-bond acceptors (Lipinski definition) is 3. The van der Waals surface area contributed by atoms with E-state index in [0.29, 0.717) is 5.92 Å². The first-order valence-corrected chi connectivity index (χ1v) is 9.24. The van der Waals surface area contributed by atoms with Crippen LogP contribution >= 0.6 is 35.3 Å². The average molecular weight is 450 g/mol. The lowest BCUT2D eigenvalue weighted by molar-refractivity contribution is 0.164. The van der Waals surface area contributed by atoms with Gasteiger partial charge in [-0.15, -0.1) is 24.0 Å². The Labute approximate surface area is 162 Å². The van der Waals surface area contributed by atoms with E-state index in [4.69, 9.17) is 0 Å².